The maximum atomic E-state index is 13.1. The Hall–Kier alpha value is -2.75. The smallest absolute Gasteiger partial charge is 0.280 e. The van der Waals surface area contributed by atoms with Crippen molar-refractivity contribution >= 4 is 50.7 Å². The molecule has 0 radical (unpaired) electrons. The Bertz CT molecular complexity index is 1270. The summed E-state index contributed by atoms with van der Waals surface area (Å²) in [7, 11) is 3.22. The summed E-state index contributed by atoms with van der Waals surface area (Å²) < 4.78 is 6.48. The normalized spacial score (nSPS) is 13.1. The molecule has 2 N–H and O–H groups in total. The summed E-state index contributed by atoms with van der Waals surface area (Å²) in [5.74, 6) is -0.917. The van der Waals surface area contributed by atoms with Crippen molar-refractivity contribution in [3.63, 3.8) is 0 Å². The molecule has 0 spiro atoms. The molecule has 3 aromatic rings. The number of thiophene rings is 1. The van der Waals surface area contributed by atoms with Crippen LogP contribution in [0.3, 0.4) is 0 Å². The van der Waals surface area contributed by atoms with Crippen molar-refractivity contribution in [1.29, 1.82) is 0 Å². The van der Waals surface area contributed by atoms with Gasteiger partial charge in [0.25, 0.3) is 11.8 Å². The largest absolute Gasteiger partial charge is 0.383 e. The standard InChI is InChI=1S/C22H23ClN4O4S/c1-27-15-8-7-12(23)11-14(15)19(28)18(26-27)21(30)25-22-17(20(29)24-9-10-31-2)13-5-3-4-6-16(13)32-22/h7-8,11H,3-6,9-10H2,1-2H3,(H,24,29)(H,25,30). The fourth-order valence-electron chi connectivity index (χ4n) is 3.91. The molecule has 2 heterocycles. The van der Waals surface area contributed by atoms with Crippen molar-refractivity contribution in [2.45, 2.75) is 25.7 Å². The van der Waals surface area contributed by atoms with Crippen LogP contribution in [0.15, 0.2) is 23.0 Å². The fraction of sp³-hybridized carbons (Fsp3) is 0.364. The first-order valence-electron chi connectivity index (χ1n) is 10.3. The van der Waals surface area contributed by atoms with Crippen molar-refractivity contribution in [1.82, 2.24) is 15.1 Å². The number of nitrogens with one attached hydrogen (secondary N) is 2. The summed E-state index contributed by atoms with van der Waals surface area (Å²) in [6.45, 7) is 0.750. The average molecular weight is 475 g/mol. The van der Waals surface area contributed by atoms with Crippen molar-refractivity contribution in [3.8, 4) is 0 Å². The molecule has 168 valence electrons. The number of carbonyl (C=O) groups is 2. The first-order chi connectivity index (χ1) is 15.4. The summed E-state index contributed by atoms with van der Waals surface area (Å²) in [4.78, 5) is 40.1. The fourth-order valence-corrected chi connectivity index (χ4v) is 5.36. The molecular weight excluding hydrogens is 452 g/mol. The van der Waals surface area contributed by atoms with Crippen LogP contribution >= 0.6 is 22.9 Å². The molecule has 10 heteroatoms. The number of hydrogen-bond acceptors (Lipinski definition) is 6. The zero-order valence-electron chi connectivity index (χ0n) is 17.8. The Morgan fingerprint density at radius 2 is 2.03 bits per heavy atom. The first kappa shape index (κ1) is 22.4. The van der Waals surface area contributed by atoms with Crippen LogP contribution in [0.4, 0.5) is 5.00 Å². The Balaban J connectivity index is 1.71. The van der Waals surface area contributed by atoms with Gasteiger partial charge in [-0.05, 0) is 49.4 Å². The summed E-state index contributed by atoms with van der Waals surface area (Å²) >= 11 is 7.44. The van der Waals surface area contributed by atoms with Crippen LogP contribution in [-0.2, 0) is 24.6 Å². The predicted molar refractivity (Wildman–Crippen MR) is 125 cm³/mol. The van der Waals surface area contributed by atoms with E-state index in [1.165, 1.54) is 22.1 Å². The molecule has 0 bridgehead atoms. The van der Waals surface area contributed by atoms with E-state index in [9.17, 15) is 14.4 Å². The number of halogens is 1. The minimum Gasteiger partial charge on any atom is -0.383 e. The van der Waals surface area contributed by atoms with E-state index < -0.39 is 11.3 Å². The molecule has 8 nitrogen and oxygen atoms in total. The number of nitrogens with zero attached hydrogens (tertiary/aromatic N) is 2. The Morgan fingerprint density at radius 3 is 2.81 bits per heavy atom. The number of aromatic nitrogens is 2. The number of amides is 2. The van der Waals surface area contributed by atoms with Crippen LogP contribution in [0.1, 0.15) is 44.1 Å². The van der Waals surface area contributed by atoms with Gasteiger partial charge in [-0.3, -0.25) is 19.1 Å². The van der Waals surface area contributed by atoms with Gasteiger partial charge >= 0.3 is 0 Å². The number of benzene rings is 1. The maximum Gasteiger partial charge on any atom is 0.280 e. The lowest BCUT2D eigenvalue weighted by Crippen LogP contribution is -2.30. The molecule has 1 aliphatic carbocycles. The number of anilines is 1. The number of hydrogen-bond donors (Lipinski definition) is 2. The van der Waals surface area contributed by atoms with E-state index in [0.717, 1.165) is 36.1 Å². The number of rotatable bonds is 6. The molecule has 1 aliphatic rings. The van der Waals surface area contributed by atoms with Crippen LogP contribution in [0.5, 0.6) is 0 Å². The highest BCUT2D eigenvalue weighted by Gasteiger charge is 2.27. The number of methoxy groups -OCH3 is 1. The molecule has 1 aromatic carbocycles. The van der Waals surface area contributed by atoms with Gasteiger partial charge in [-0.15, -0.1) is 11.3 Å². The van der Waals surface area contributed by atoms with Crippen molar-refractivity contribution in [2.24, 2.45) is 7.05 Å². The van der Waals surface area contributed by atoms with E-state index in [1.54, 1.807) is 26.3 Å². The highest BCUT2D eigenvalue weighted by molar-refractivity contribution is 7.17. The van der Waals surface area contributed by atoms with E-state index in [2.05, 4.69) is 15.7 Å². The van der Waals surface area contributed by atoms with Gasteiger partial charge in [0, 0.05) is 30.6 Å². The van der Waals surface area contributed by atoms with Gasteiger partial charge in [-0.2, -0.15) is 5.10 Å². The second kappa shape index (κ2) is 9.40. The summed E-state index contributed by atoms with van der Waals surface area (Å²) in [6.07, 6.45) is 3.67. The molecule has 0 saturated heterocycles. The predicted octanol–water partition coefficient (Wildman–Crippen LogP) is 3.16. The number of aryl methyl sites for hydroxylation is 2. The molecule has 2 aromatic heterocycles. The Kier molecular flexibility index (Phi) is 6.59. The van der Waals surface area contributed by atoms with E-state index in [4.69, 9.17) is 16.3 Å². The summed E-state index contributed by atoms with van der Waals surface area (Å²) in [5, 5.41) is 10.9. The van der Waals surface area contributed by atoms with Gasteiger partial charge < -0.3 is 15.4 Å². The van der Waals surface area contributed by atoms with Crippen LogP contribution in [0, 0.1) is 0 Å². The minimum atomic E-state index is -0.656. The number of fused-ring (bicyclic) bond motifs is 2. The average Bonchev–Trinajstić information content (AvgIpc) is 3.14. The Labute approximate surface area is 193 Å². The van der Waals surface area contributed by atoms with Crippen LogP contribution in [0.2, 0.25) is 5.02 Å². The van der Waals surface area contributed by atoms with Gasteiger partial charge in [0.15, 0.2) is 5.69 Å². The van der Waals surface area contributed by atoms with Gasteiger partial charge in [-0.25, -0.2) is 0 Å². The van der Waals surface area contributed by atoms with E-state index in [-0.39, 0.29) is 11.6 Å². The van der Waals surface area contributed by atoms with Crippen LogP contribution in [0.25, 0.3) is 10.9 Å². The van der Waals surface area contributed by atoms with Gasteiger partial charge in [-0.1, -0.05) is 11.6 Å². The summed E-state index contributed by atoms with van der Waals surface area (Å²) in [5.41, 5.74) is 1.25. The van der Waals surface area contributed by atoms with E-state index in [0.29, 0.717) is 39.6 Å². The Morgan fingerprint density at radius 1 is 1.25 bits per heavy atom. The minimum absolute atomic E-state index is 0.251. The first-order valence-corrected chi connectivity index (χ1v) is 11.5. The number of ether oxygens (including phenoxy) is 1. The number of carbonyl (C=O) groups excluding carboxylic acids is 2. The van der Waals surface area contributed by atoms with Crippen molar-refractivity contribution in [2.75, 3.05) is 25.6 Å². The molecule has 0 atom stereocenters. The van der Waals surface area contributed by atoms with Gasteiger partial charge in [0.1, 0.15) is 5.00 Å². The summed E-state index contributed by atoms with van der Waals surface area (Å²) in [6, 6.07) is 4.87. The SMILES string of the molecule is COCCNC(=O)c1c(NC(=O)c2nn(C)c3ccc(Cl)cc3c2=O)sc2c1CCCC2. The zero-order chi connectivity index (χ0) is 22.8. The molecule has 4 rings (SSSR count). The lowest BCUT2D eigenvalue weighted by Gasteiger charge is -2.13. The second-order valence-corrected chi connectivity index (χ2v) is 9.12. The molecule has 0 saturated carbocycles. The quantitative estimate of drug-likeness (QED) is 0.534. The molecule has 0 unspecified atom stereocenters. The monoisotopic (exact) mass is 474 g/mol. The van der Waals surface area contributed by atoms with Crippen LogP contribution < -0.4 is 16.1 Å². The molecular formula is C22H23ClN4O4S. The molecule has 0 fully saturated rings. The molecule has 0 aliphatic heterocycles. The third-order valence-corrected chi connectivity index (χ3v) is 6.89. The van der Waals surface area contributed by atoms with Crippen LogP contribution in [-0.4, -0.2) is 41.9 Å². The molecule has 2 amide bonds. The lowest BCUT2D eigenvalue weighted by atomic mass is 9.95. The van der Waals surface area contributed by atoms with E-state index in [1.807, 2.05) is 0 Å². The third kappa shape index (κ3) is 4.28. The third-order valence-electron chi connectivity index (χ3n) is 5.45. The molecule has 32 heavy (non-hydrogen) atoms. The maximum absolute atomic E-state index is 13.1. The lowest BCUT2D eigenvalue weighted by molar-refractivity contribution is 0.0937. The van der Waals surface area contributed by atoms with Crippen molar-refractivity contribution < 1.29 is 14.3 Å². The second-order valence-electron chi connectivity index (χ2n) is 7.58. The van der Waals surface area contributed by atoms with Gasteiger partial charge in [0.05, 0.1) is 23.1 Å². The topological polar surface area (TPSA) is 102 Å². The highest BCUT2D eigenvalue weighted by Crippen LogP contribution is 2.38. The van der Waals surface area contributed by atoms with Crippen molar-refractivity contribution in [3.05, 3.63) is 55.1 Å². The zero-order valence-corrected chi connectivity index (χ0v) is 19.4. The highest BCUT2D eigenvalue weighted by atomic mass is 35.5. The van der Waals surface area contributed by atoms with Gasteiger partial charge in [0.2, 0.25) is 5.43 Å². The van der Waals surface area contributed by atoms with E-state index >= 15 is 0 Å².